The number of rotatable bonds is 5. The summed E-state index contributed by atoms with van der Waals surface area (Å²) >= 11 is 4.97. The van der Waals surface area contributed by atoms with Gasteiger partial charge in [-0.25, -0.2) is 0 Å². The van der Waals surface area contributed by atoms with Crippen molar-refractivity contribution < 1.29 is 9.53 Å². The number of ketones is 1. The minimum Gasteiger partial charge on any atom is -0.381 e. The topological polar surface area (TPSA) is 26.3 Å². The summed E-state index contributed by atoms with van der Waals surface area (Å²) in [4.78, 5) is 12.6. The Morgan fingerprint density at radius 3 is 2.93 bits per heavy atom. The van der Waals surface area contributed by atoms with E-state index in [0.29, 0.717) is 12.8 Å². The van der Waals surface area contributed by atoms with Crippen molar-refractivity contribution >= 4 is 33.0 Å². The van der Waals surface area contributed by atoms with Crippen LogP contribution in [0, 0.1) is 0 Å². The van der Waals surface area contributed by atoms with Gasteiger partial charge in [0.15, 0.2) is 0 Å². The lowest BCUT2D eigenvalue weighted by molar-refractivity contribution is -0.120. The molecule has 0 radical (unpaired) electrons. The van der Waals surface area contributed by atoms with E-state index in [1.54, 1.807) is 18.4 Å². The first kappa shape index (κ1) is 11.9. The minimum absolute atomic E-state index is 0.0194. The molecular formula is C10H13BrO2S. The fraction of sp³-hybridized carbons (Fsp3) is 0.500. The van der Waals surface area contributed by atoms with Crippen LogP contribution in [0.15, 0.2) is 15.9 Å². The number of halogens is 1. The average Bonchev–Trinajstić information content (AvgIpc) is 2.50. The van der Waals surface area contributed by atoms with Crippen LogP contribution >= 0.6 is 27.3 Å². The van der Waals surface area contributed by atoms with Crippen molar-refractivity contribution in [1.82, 2.24) is 0 Å². The molecule has 0 saturated carbocycles. The Kier molecular flexibility index (Phi) is 4.78. The summed E-state index contributed by atoms with van der Waals surface area (Å²) < 4.78 is 6.08. The van der Waals surface area contributed by atoms with Gasteiger partial charge < -0.3 is 4.74 Å². The Morgan fingerprint density at radius 1 is 1.71 bits per heavy atom. The fourth-order valence-electron chi connectivity index (χ4n) is 1.12. The molecule has 14 heavy (non-hydrogen) atoms. The molecule has 0 aliphatic heterocycles. The van der Waals surface area contributed by atoms with Gasteiger partial charge in [0.1, 0.15) is 5.78 Å². The molecule has 78 valence electrons. The van der Waals surface area contributed by atoms with Gasteiger partial charge in [-0.1, -0.05) is 0 Å². The second-order valence-corrected chi connectivity index (χ2v) is 5.11. The highest BCUT2D eigenvalue weighted by Crippen LogP contribution is 2.20. The normalized spacial score (nSPS) is 12.8. The standard InChI is InChI=1S/C10H13BrO2S/c1-7(13-2)3-9(12)5-10-4-8(11)6-14-10/h4,6-7H,3,5H2,1-2H3. The third-order valence-corrected chi connectivity index (χ3v) is 3.61. The molecule has 0 aliphatic rings. The summed E-state index contributed by atoms with van der Waals surface area (Å²) in [6, 6.07) is 1.99. The van der Waals surface area contributed by atoms with Crippen LogP contribution < -0.4 is 0 Å². The van der Waals surface area contributed by atoms with Crippen molar-refractivity contribution in [3.8, 4) is 0 Å². The second kappa shape index (κ2) is 5.63. The zero-order valence-corrected chi connectivity index (χ0v) is 10.7. The number of hydrogen-bond acceptors (Lipinski definition) is 3. The molecule has 1 heterocycles. The molecule has 0 saturated heterocycles. The van der Waals surface area contributed by atoms with E-state index < -0.39 is 0 Å². The van der Waals surface area contributed by atoms with E-state index in [-0.39, 0.29) is 11.9 Å². The monoisotopic (exact) mass is 276 g/mol. The van der Waals surface area contributed by atoms with Gasteiger partial charge in [-0.3, -0.25) is 4.79 Å². The van der Waals surface area contributed by atoms with Gasteiger partial charge in [-0.2, -0.15) is 0 Å². The molecule has 0 fully saturated rings. The first-order valence-corrected chi connectivity index (χ1v) is 6.06. The molecule has 0 amide bonds. The van der Waals surface area contributed by atoms with Gasteiger partial charge >= 0.3 is 0 Å². The maximum absolute atomic E-state index is 11.5. The largest absolute Gasteiger partial charge is 0.381 e. The summed E-state index contributed by atoms with van der Waals surface area (Å²) in [6.45, 7) is 1.90. The zero-order valence-electron chi connectivity index (χ0n) is 8.25. The van der Waals surface area contributed by atoms with Crippen LogP contribution in [0.4, 0.5) is 0 Å². The maximum Gasteiger partial charge on any atom is 0.140 e. The van der Waals surface area contributed by atoms with E-state index in [0.717, 1.165) is 9.35 Å². The Hall–Kier alpha value is -0.190. The van der Waals surface area contributed by atoms with Crippen LogP contribution in [0.1, 0.15) is 18.2 Å². The van der Waals surface area contributed by atoms with E-state index in [1.807, 2.05) is 18.4 Å². The van der Waals surface area contributed by atoms with Crippen molar-refractivity contribution in [2.24, 2.45) is 0 Å². The van der Waals surface area contributed by atoms with Crippen molar-refractivity contribution in [3.05, 3.63) is 20.8 Å². The molecule has 1 aromatic heterocycles. The lowest BCUT2D eigenvalue weighted by Crippen LogP contribution is -2.13. The molecule has 4 heteroatoms. The maximum atomic E-state index is 11.5. The number of carbonyl (C=O) groups excluding carboxylic acids is 1. The van der Waals surface area contributed by atoms with Gasteiger partial charge in [0.2, 0.25) is 0 Å². The van der Waals surface area contributed by atoms with Crippen molar-refractivity contribution in [1.29, 1.82) is 0 Å². The smallest absolute Gasteiger partial charge is 0.140 e. The third kappa shape index (κ3) is 3.90. The molecule has 2 nitrogen and oxygen atoms in total. The Bertz CT molecular complexity index is 309. The second-order valence-electron chi connectivity index (χ2n) is 3.20. The summed E-state index contributed by atoms with van der Waals surface area (Å²) in [6.07, 6.45) is 1.03. The molecule has 1 atom stereocenters. The summed E-state index contributed by atoms with van der Waals surface area (Å²) in [5, 5.41) is 1.99. The number of thiophene rings is 1. The lowest BCUT2D eigenvalue weighted by atomic mass is 10.1. The number of Topliss-reactive ketones (excluding diaryl/α,β-unsaturated/α-hetero) is 1. The van der Waals surface area contributed by atoms with E-state index in [9.17, 15) is 4.79 Å². The first-order chi connectivity index (χ1) is 6.61. The van der Waals surface area contributed by atoms with Crippen LogP contribution in [0.3, 0.4) is 0 Å². The number of ether oxygens (including phenoxy) is 1. The van der Waals surface area contributed by atoms with Gasteiger partial charge in [0.25, 0.3) is 0 Å². The first-order valence-electron chi connectivity index (χ1n) is 4.39. The SMILES string of the molecule is COC(C)CC(=O)Cc1cc(Br)cs1. The predicted molar refractivity (Wildman–Crippen MR) is 61.8 cm³/mol. The van der Waals surface area contributed by atoms with E-state index in [1.165, 1.54) is 0 Å². The highest BCUT2D eigenvalue weighted by Gasteiger charge is 2.10. The van der Waals surface area contributed by atoms with Crippen LogP contribution in [0.5, 0.6) is 0 Å². The number of methoxy groups -OCH3 is 1. The van der Waals surface area contributed by atoms with Gasteiger partial charge in [0, 0.05) is 34.7 Å². The van der Waals surface area contributed by atoms with E-state index in [2.05, 4.69) is 15.9 Å². The molecule has 1 unspecified atom stereocenters. The predicted octanol–water partition coefficient (Wildman–Crippen LogP) is 3.05. The van der Waals surface area contributed by atoms with Crippen molar-refractivity contribution in [2.45, 2.75) is 25.9 Å². The lowest BCUT2D eigenvalue weighted by Gasteiger charge is -2.06. The van der Waals surface area contributed by atoms with Crippen LogP contribution in [-0.2, 0) is 16.0 Å². The Morgan fingerprint density at radius 2 is 2.43 bits per heavy atom. The molecule has 0 bridgehead atoms. The summed E-state index contributed by atoms with van der Waals surface area (Å²) in [7, 11) is 1.62. The highest BCUT2D eigenvalue weighted by molar-refractivity contribution is 9.10. The Balaban J connectivity index is 2.41. The molecular weight excluding hydrogens is 264 g/mol. The van der Waals surface area contributed by atoms with Gasteiger partial charge in [-0.05, 0) is 28.9 Å². The number of hydrogen-bond donors (Lipinski definition) is 0. The van der Waals surface area contributed by atoms with Crippen LogP contribution in [0.2, 0.25) is 0 Å². The highest BCUT2D eigenvalue weighted by atomic mass is 79.9. The minimum atomic E-state index is 0.0194. The van der Waals surface area contributed by atoms with Crippen LogP contribution in [-0.4, -0.2) is 19.0 Å². The fourth-order valence-corrected chi connectivity index (χ4v) is 2.60. The molecule has 1 rings (SSSR count). The average molecular weight is 277 g/mol. The third-order valence-electron chi connectivity index (χ3n) is 1.91. The Labute approximate surface area is 96.4 Å². The number of carbonyl (C=O) groups is 1. The van der Waals surface area contributed by atoms with Crippen molar-refractivity contribution in [2.75, 3.05) is 7.11 Å². The molecule has 0 spiro atoms. The summed E-state index contributed by atoms with van der Waals surface area (Å²) in [5.41, 5.74) is 0. The zero-order chi connectivity index (χ0) is 10.6. The van der Waals surface area contributed by atoms with Gasteiger partial charge in [0.05, 0.1) is 6.10 Å². The molecule has 0 aliphatic carbocycles. The van der Waals surface area contributed by atoms with E-state index in [4.69, 9.17) is 4.74 Å². The summed E-state index contributed by atoms with van der Waals surface area (Å²) in [5.74, 6) is 0.230. The van der Waals surface area contributed by atoms with Crippen LogP contribution in [0.25, 0.3) is 0 Å². The van der Waals surface area contributed by atoms with E-state index >= 15 is 0 Å². The molecule has 0 aromatic carbocycles. The molecule has 0 N–H and O–H groups in total. The quantitative estimate of drug-likeness (QED) is 0.826. The van der Waals surface area contributed by atoms with Crippen molar-refractivity contribution in [3.63, 3.8) is 0 Å². The molecule has 1 aromatic rings. The van der Waals surface area contributed by atoms with Gasteiger partial charge in [-0.15, -0.1) is 11.3 Å².